The summed E-state index contributed by atoms with van der Waals surface area (Å²) in [5, 5.41) is 2.91. The summed E-state index contributed by atoms with van der Waals surface area (Å²) in [5.41, 5.74) is 0.941. The van der Waals surface area contributed by atoms with Crippen LogP contribution in [0.3, 0.4) is 0 Å². The quantitative estimate of drug-likeness (QED) is 0.863. The van der Waals surface area contributed by atoms with Crippen molar-refractivity contribution in [1.29, 1.82) is 0 Å². The molecule has 0 aliphatic carbocycles. The van der Waals surface area contributed by atoms with Crippen molar-refractivity contribution in [2.45, 2.75) is 43.9 Å². The summed E-state index contributed by atoms with van der Waals surface area (Å²) in [7, 11) is 0. The number of hydrogen-bond acceptors (Lipinski definition) is 3. The highest BCUT2D eigenvalue weighted by molar-refractivity contribution is 7.98. The number of halogens is 1. The SMILES string of the molecule is CC(Cl)C(C)(C)NC(=O)c1cc2c(s1)CCSC2. The second kappa shape index (κ2) is 5.43. The highest BCUT2D eigenvalue weighted by Gasteiger charge is 2.27. The lowest BCUT2D eigenvalue weighted by molar-refractivity contribution is 0.0916. The smallest absolute Gasteiger partial charge is 0.261 e. The number of amides is 1. The molecule has 0 fully saturated rings. The van der Waals surface area contributed by atoms with Gasteiger partial charge in [-0.2, -0.15) is 11.8 Å². The summed E-state index contributed by atoms with van der Waals surface area (Å²) >= 11 is 9.65. The minimum Gasteiger partial charge on any atom is -0.345 e. The van der Waals surface area contributed by atoms with Gasteiger partial charge in [-0.1, -0.05) is 0 Å². The van der Waals surface area contributed by atoms with Gasteiger partial charge < -0.3 is 5.32 Å². The molecule has 1 aliphatic rings. The summed E-state index contributed by atoms with van der Waals surface area (Å²) in [6, 6.07) is 2.04. The third-order valence-electron chi connectivity index (χ3n) is 3.28. The van der Waals surface area contributed by atoms with Crippen molar-refractivity contribution < 1.29 is 4.79 Å². The number of aryl methyl sites for hydroxylation is 1. The second-order valence-electron chi connectivity index (χ2n) is 5.15. The van der Waals surface area contributed by atoms with Gasteiger partial charge in [-0.05, 0) is 44.6 Å². The summed E-state index contributed by atoms with van der Waals surface area (Å²) in [6.45, 7) is 5.80. The van der Waals surface area contributed by atoms with E-state index >= 15 is 0 Å². The van der Waals surface area contributed by atoms with Crippen molar-refractivity contribution >= 4 is 40.6 Å². The van der Waals surface area contributed by atoms with Crippen LogP contribution >= 0.6 is 34.7 Å². The van der Waals surface area contributed by atoms with Crippen molar-refractivity contribution in [3.63, 3.8) is 0 Å². The van der Waals surface area contributed by atoms with Crippen LogP contribution < -0.4 is 5.32 Å². The van der Waals surface area contributed by atoms with Crippen LogP contribution in [-0.4, -0.2) is 22.6 Å². The molecule has 1 unspecified atom stereocenters. The molecule has 0 saturated carbocycles. The Balaban J connectivity index is 2.12. The van der Waals surface area contributed by atoms with E-state index in [2.05, 4.69) is 5.32 Å². The van der Waals surface area contributed by atoms with E-state index in [9.17, 15) is 4.79 Å². The number of hydrogen-bond donors (Lipinski definition) is 1. The molecule has 5 heteroatoms. The second-order valence-corrected chi connectivity index (χ2v) is 8.05. The van der Waals surface area contributed by atoms with Crippen LogP contribution in [0.4, 0.5) is 0 Å². The number of thiophene rings is 1. The first kappa shape index (κ1) is 14.2. The Morgan fingerprint density at radius 3 is 2.89 bits per heavy atom. The maximum Gasteiger partial charge on any atom is 0.261 e. The molecule has 1 N–H and O–H groups in total. The van der Waals surface area contributed by atoms with E-state index in [1.807, 2.05) is 38.6 Å². The zero-order valence-corrected chi connectivity index (χ0v) is 13.3. The van der Waals surface area contributed by atoms with Crippen molar-refractivity contribution in [3.8, 4) is 0 Å². The Morgan fingerprint density at radius 2 is 2.28 bits per heavy atom. The van der Waals surface area contributed by atoms with Crippen LogP contribution in [0.1, 0.15) is 40.9 Å². The van der Waals surface area contributed by atoms with Gasteiger partial charge in [-0.3, -0.25) is 4.79 Å². The summed E-state index contributed by atoms with van der Waals surface area (Å²) in [5.74, 6) is 2.20. The van der Waals surface area contributed by atoms with Gasteiger partial charge in [0.05, 0.1) is 15.8 Å². The molecule has 18 heavy (non-hydrogen) atoms. The number of carbonyl (C=O) groups is 1. The fourth-order valence-electron chi connectivity index (χ4n) is 1.71. The topological polar surface area (TPSA) is 29.1 Å². The number of nitrogens with one attached hydrogen (secondary N) is 1. The number of thioether (sulfide) groups is 1. The van der Waals surface area contributed by atoms with Gasteiger partial charge in [0.15, 0.2) is 0 Å². The molecule has 0 bridgehead atoms. The molecule has 1 aliphatic heterocycles. The molecule has 1 aromatic heterocycles. The first-order chi connectivity index (χ1) is 8.40. The van der Waals surface area contributed by atoms with E-state index in [0.29, 0.717) is 0 Å². The lowest BCUT2D eigenvalue weighted by Crippen LogP contribution is -2.48. The molecule has 1 amide bonds. The number of carbonyl (C=O) groups excluding carboxylic acids is 1. The monoisotopic (exact) mass is 303 g/mol. The van der Waals surface area contributed by atoms with E-state index in [0.717, 1.165) is 17.1 Å². The standard InChI is InChI=1S/C13H18ClNOS2/c1-8(14)13(2,3)15-12(16)11-6-9-7-17-5-4-10(9)18-11/h6,8H,4-5,7H2,1-3H3,(H,15,16). The molecule has 1 atom stereocenters. The maximum absolute atomic E-state index is 12.2. The fourth-order valence-corrected chi connectivity index (χ4v) is 4.03. The maximum atomic E-state index is 12.2. The minimum absolute atomic E-state index is 0.00287. The van der Waals surface area contributed by atoms with Crippen molar-refractivity contribution in [1.82, 2.24) is 5.32 Å². The number of alkyl halides is 1. The van der Waals surface area contributed by atoms with E-state index in [1.165, 1.54) is 16.2 Å². The van der Waals surface area contributed by atoms with E-state index in [1.54, 1.807) is 11.3 Å². The lowest BCUT2D eigenvalue weighted by Gasteiger charge is -2.28. The summed E-state index contributed by atoms with van der Waals surface area (Å²) < 4.78 is 0. The van der Waals surface area contributed by atoms with Gasteiger partial charge in [-0.15, -0.1) is 22.9 Å². The van der Waals surface area contributed by atoms with Crippen molar-refractivity contribution in [2.24, 2.45) is 0 Å². The largest absolute Gasteiger partial charge is 0.345 e. The predicted molar refractivity (Wildman–Crippen MR) is 81.0 cm³/mol. The Kier molecular flexibility index (Phi) is 4.29. The molecule has 0 spiro atoms. The summed E-state index contributed by atoms with van der Waals surface area (Å²) in [4.78, 5) is 14.4. The Morgan fingerprint density at radius 1 is 1.56 bits per heavy atom. The first-order valence-electron chi connectivity index (χ1n) is 6.06. The van der Waals surface area contributed by atoms with Gasteiger partial charge in [0.2, 0.25) is 0 Å². The van der Waals surface area contributed by atoms with Crippen LogP contribution in [-0.2, 0) is 12.2 Å². The van der Waals surface area contributed by atoms with Crippen molar-refractivity contribution in [3.05, 3.63) is 21.4 Å². The number of rotatable bonds is 3. The van der Waals surface area contributed by atoms with Crippen LogP contribution in [0.25, 0.3) is 0 Å². The van der Waals surface area contributed by atoms with Crippen LogP contribution in [0.15, 0.2) is 6.07 Å². The van der Waals surface area contributed by atoms with Crippen LogP contribution in [0.5, 0.6) is 0 Å². The van der Waals surface area contributed by atoms with Crippen molar-refractivity contribution in [2.75, 3.05) is 5.75 Å². The molecule has 100 valence electrons. The van der Waals surface area contributed by atoms with Gasteiger partial charge in [0, 0.05) is 10.6 Å². The average Bonchev–Trinajstić information content (AvgIpc) is 2.71. The molecule has 0 saturated heterocycles. The van der Waals surface area contributed by atoms with Crippen LogP contribution in [0.2, 0.25) is 0 Å². The molecular weight excluding hydrogens is 286 g/mol. The highest BCUT2D eigenvalue weighted by atomic mass is 35.5. The molecular formula is C13H18ClNOS2. The predicted octanol–water partition coefficient (Wildman–Crippen LogP) is 3.67. The Bertz CT molecular complexity index is 430. The molecule has 0 radical (unpaired) electrons. The Hall–Kier alpha value is -0.190. The van der Waals surface area contributed by atoms with E-state index in [-0.39, 0.29) is 11.3 Å². The highest BCUT2D eigenvalue weighted by Crippen LogP contribution is 2.32. The average molecular weight is 304 g/mol. The molecule has 0 aromatic carbocycles. The third kappa shape index (κ3) is 3.03. The fraction of sp³-hybridized carbons (Fsp3) is 0.615. The Labute approximate surface area is 121 Å². The molecule has 1 aromatic rings. The van der Waals surface area contributed by atoms with Gasteiger partial charge >= 0.3 is 0 Å². The molecule has 2 nitrogen and oxygen atoms in total. The third-order valence-corrected chi connectivity index (χ3v) is 6.07. The van der Waals surface area contributed by atoms with Gasteiger partial charge in [-0.25, -0.2) is 0 Å². The first-order valence-corrected chi connectivity index (χ1v) is 8.47. The molecule has 2 heterocycles. The lowest BCUT2D eigenvalue weighted by atomic mass is 10.0. The van der Waals surface area contributed by atoms with E-state index < -0.39 is 5.54 Å². The number of fused-ring (bicyclic) bond motifs is 1. The molecule has 2 rings (SSSR count). The zero-order valence-electron chi connectivity index (χ0n) is 10.9. The van der Waals surface area contributed by atoms with Gasteiger partial charge in [0.1, 0.15) is 0 Å². The minimum atomic E-state index is -0.391. The zero-order chi connectivity index (χ0) is 13.3. The van der Waals surface area contributed by atoms with Crippen LogP contribution in [0, 0.1) is 0 Å². The normalized spacial score (nSPS) is 17.1. The van der Waals surface area contributed by atoms with Gasteiger partial charge in [0.25, 0.3) is 5.91 Å². The summed E-state index contributed by atoms with van der Waals surface area (Å²) in [6.07, 6.45) is 1.09. The van der Waals surface area contributed by atoms with E-state index in [4.69, 9.17) is 11.6 Å².